The molecule has 1 rings (SSSR count). The van der Waals surface area contributed by atoms with E-state index in [1.165, 1.54) is 0 Å². The van der Waals surface area contributed by atoms with Crippen LogP contribution in [0, 0.1) is 22.7 Å². The van der Waals surface area contributed by atoms with E-state index >= 15 is 0 Å². The number of hydrogen-bond donors (Lipinski definition) is 1. The molecule has 2 unspecified atom stereocenters. The van der Waals surface area contributed by atoms with Crippen molar-refractivity contribution in [2.24, 2.45) is 27.8 Å². The van der Waals surface area contributed by atoms with E-state index in [0.29, 0.717) is 11.3 Å². The summed E-state index contributed by atoms with van der Waals surface area (Å²) in [6.07, 6.45) is 0.755. The van der Waals surface area contributed by atoms with Gasteiger partial charge in [-0.3, -0.25) is 9.59 Å². The lowest BCUT2D eigenvalue weighted by Gasteiger charge is -2.44. The third-order valence-corrected chi connectivity index (χ3v) is 4.69. The standard InChI is InChI=1S/C16H25NO3/c1-8-9(2)12(17-20)11-10(3)15(4,5)14(19)16(6,7)13(11)18/h9,11,20H,3,8H2,1-2,4-7H3/b17-12+. The summed E-state index contributed by atoms with van der Waals surface area (Å²) in [6, 6.07) is 0. The van der Waals surface area contributed by atoms with Crippen molar-refractivity contribution < 1.29 is 14.8 Å². The molecule has 0 aromatic heterocycles. The highest BCUT2D eigenvalue weighted by molar-refractivity contribution is 6.22. The van der Waals surface area contributed by atoms with Crippen LogP contribution in [0.3, 0.4) is 0 Å². The number of Topliss-reactive ketones (excluding diaryl/α,β-unsaturated/α-hetero) is 2. The molecule has 1 aliphatic rings. The van der Waals surface area contributed by atoms with E-state index in [4.69, 9.17) is 0 Å². The van der Waals surface area contributed by atoms with Crippen molar-refractivity contribution in [1.29, 1.82) is 0 Å². The number of nitrogens with zero attached hydrogens (tertiary/aromatic N) is 1. The molecule has 4 heteroatoms. The first kappa shape index (κ1) is 16.6. The maximum absolute atomic E-state index is 12.7. The number of allylic oxidation sites excluding steroid dienone is 1. The highest BCUT2D eigenvalue weighted by Gasteiger charge is 2.56. The van der Waals surface area contributed by atoms with Crippen molar-refractivity contribution in [2.75, 3.05) is 0 Å². The highest BCUT2D eigenvalue weighted by atomic mass is 16.4. The summed E-state index contributed by atoms with van der Waals surface area (Å²) in [4.78, 5) is 25.2. The molecule has 2 atom stereocenters. The molecule has 0 aromatic carbocycles. The van der Waals surface area contributed by atoms with E-state index in [9.17, 15) is 14.8 Å². The molecule has 1 fully saturated rings. The molecule has 1 aliphatic carbocycles. The Bertz CT molecular complexity index is 456. The Labute approximate surface area is 120 Å². The summed E-state index contributed by atoms with van der Waals surface area (Å²) in [5, 5.41) is 12.7. The predicted octanol–water partition coefficient (Wildman–Crippen LogP) is 3.24. The lowest BCUT2D eigenvalue weighted by molar-refractivity contribution is -0.147. The van der Waals surface area contributed by atoms with Gasteiger partial charge >= 0.3 is 0 Å². The second-order valence-corrected chi connectivity index (χ2v) is 6.74. The normalized spacial score (nSPS) is 27.6. The van der Waals surface area contributed by atoms with Crippen LogP contribution in [0.4, 0.5) is 0 Å². The fraction of sp³-hybridized carbons (Fsp3) is 0.688. The Kier molecular flexibility index (Phi) is 4.28. The summed E-state index contributed by atoms with van der Waals surface area (Å²) < 4.78 is 0. The van der Waals surface area contributed by atoms with Crippen LogP contribution in [0.1, 0.15) is 48.0 Å². The maximum Gasteiger partial charge on any atom is 0.158 e. The van der Waals surface area contributed by atoms with E-state index in [0.717, 1.165) is 6.42 Å². The van der Waals surface area contributed by atoms with Crippen molar-refractivity contribution in [1.82, 2.24) is 0 Å². The molecule has 0 spiro atoms. The van der Waals surface area contributed by atoms with Gasteiger partial charge < -0.3 is 5.21 Å². The van der Waals surface area contributed by atoms with Crippen molar-refractivity contribution >= 4 is 17.3 Å². The van der Waals surface area contributed by atoms with Crippen LogP contribution in [0.5, 0.6) is 0 Å². The fourth-order valence-corrected chi connectivity index (χ4v) is 2.88. The van der Waals surface area contributed by atoms with Gasteiger partial charge in [-0.15, -0.1) is 0 Å². The minimum atomic E-state index is -1.08. The second kappa shape index (κ2) is 5.15. The first-order valence-electron chi connectivity index (χ1n) is 7.03. The quantitative estimate of drug-likeness (QED) is 0.283. The zero-order valence-corrected chi connectivity index (χ0v) is 13.3. The van der Waals surface area contributed by atoms with Gasteiger partial charge in [0.05, 0.1) is 17.0 Å². The average Bonchev–Trinajstić information content (AvgIpc) is 2.39. The zero-order valence-electron chi connectivity index (χ0n) is 13.3. The van der Waals surface area contributed by atoms with Crippen LogP contribution in [-0.2, 0) is 9.59 Å². The Morgan fingerprint density at radius 1 is 1.30 bits per heavy atom. The SMILES string of the molecule is C=C1C(/C(=N/O)C(C)CC)C(=O)C(C)(C)C(=O)C1(C)C. The smallest absolute Gasteiger partial charge is 0.158 e. The summed E-state index contributed by atoms with van der Waals surface area (Å²) in [7, 11) is 0. The number of rotatable bonds is 3. The van der Waals surface area contributed by atoms with Crippen molar-refractivity contribution in [3.63, 3.8) is 0 Å². The third kappa shape index (κ3) is 2.21. The van der Waals surface area contributed by atoms with Crippen molar-refractivity contribution in [3.8, 4) is 0 Å². The van der Waals surface area contributed by atoms with Crippen LogP contribution >= 0.6 is 0 Å². The van der Waals surface area contributed by atoms with Crippen LogP contribution < -0.4 is 0 Å². The molecule has 112 valence electrons. The van der Waals surface area contributed by atoms with E-state index < -0.39 is 16.7 Å². The molecule has 0 heterocycles. The van der Waals surface area contributed by atoms with E-state index in [-0.39, 0.29) is 17.5 Å². The maximum atomic E-state index is 12.7. The van der Waals surface area contributed by atoms with E-state index in [2.05, 4.69) is 11.7 Å². The van der Waals surface area contributed by atoms with Crippen molar-refractivity contribution in [2.45, 2.75) is 48.0 Å². The number of hydrogen-bond acceptors (Lipinski definition) is 4. The lowest BCUT2D eigenvalue weighted by atomic mass is 9.56. The van der Waals surface area contributed by atoms with Gasteiger partial charge in [-0.2, -0.15) is 0 Å². The van der Waals surface area contributed by atoms with E-state index in [1.54, 1.807) is 27.7 Å². The highest BCUT2D eigenvalue weighted by Crippen LogP contribution is 2.47. The van der Waals surface area contributed by atoms with Gasteiger partial charge in [-0.1, -0.05) is 25.6 Å². The van der Waals surface area contributed by atoms with Crippen LogP contribution in [0.15, 0.2) is 17.3 Å². The van der Waals surface area contributed by atoms with Crippen molar-refractivity contribution in [3.05, 3.63) is 12.2 Å². The van der Waals surface area contributed by atoms with Gasteiger partial charge in [-0.05, 0) is 45.6 Å². The number of carbonyl (C=O) groups is 2. The van der Waals surface area contributed by atoms with Crippen LogP contribution in [0.2, 0.25) is 0 Å². The molecule has 0 bridgehead atoms. The summed E-state index contributed by atoms with van der Waals surface area (Å²) in [5.74, 6) is -1.07. The first-order valence-corrected chi connectivity index (χ1v) is 7.03. The summed E-state index contributed by atoms with van der Waals surface area (Å²) in [6.45, 7) is 14.7. The lowest BCUT2D eigenvalue weighted by Crippen LogP contribution is -2.55. The Hall–Kier alpha value is -1.45. The first-order chi connectivity index (χ1) is 9.03. The minimum Gasteiger partial charge on any atom is -0.411 e. The summed E-state index contributed by atoms with van der Waals surface area (Å²) >= 11 is 0. The average molecular weight is 279 g/mol. The third-order valence-electron chi connectivity index (χ3n) is 4.69. The molecule has 1 N–H and O–H groups in total. The molecule has 1 saturated carbocycles. The Balaban J connectivity index is 3.43. The Morgan fingerprint density at radius 3 is 2.20 bits per heavy atom. The molecular weight excluding hydrogens is 254 g/mol. The fourth-order valence-electron chi connectivity index (χ4n) is 2.88. The Morgan fingerprint density at radius 2 is 1.80 bits per heavy atom. The van der Waals surface area contributed by atoms with Gasteiger partial charge in [0.15, 0.2) is 11.6 Å². The minimum absolute atomic E-state index is 0.0366. The molecule has 0 aromatic rings. The topological polar surface area (TPSA) is 66.7 Å². The predicted molar refractivity (Wildman–Crippen MR) is 78.9 cm³/mol. The molecule has 20 heavy (non-hydrogen) atoms. The number of ketones is 2. The van der Waals surface area contributed by atoms with Gasteiger partial charge in [0.1, 0.15) is 0 Å². The molecule has 4 nitrogen and oxygen atoms in total. The van der Waals surface area contributed by atoms with Gasteiger partial charge in [0.2, 0.25) is 0 Å². The molecule has 0 saturated heterocycles. The molecule has 0 aliphatic heterocycles. The van der Waals surface area contributed by atoms with E-state index in [1.807, 2.05) is 13.8 Å². The largest absolute Gasteiger partial charge is 0.411 e. The second-order valence-electron chi connectivity index (χ2n) is 6.74. The van der Waals surface area contributed by atoms with Crippen LogP contribution in [0.25, 0.3) is 0 Å². The number of oxime groups is 1. The zero-order chi connectivity index (χ0) is 15.9. The van der Waals surface area contributed by atoms with Gasteiger partial charge in [-0.25, -0.2) is 0 Å². The van der Waals surface area contributed by atoms with Gasteiger partial charge in [0, 0.05) is 5.41 Å². The molecule has 0 radical (unpaired) electrons. The number of carbonyl (C=O) groups excluding carboxylic acids is 2. The molecule has 0 amide bonds. The van der Waals surface area contributed by atoms with Crippen LogP contribution in [-0.4, -0.2) is 22.5 Å². The molecular formula is C16H25NO3. The van der Waals surface area contributed by atoms with Gasteiger partial charge in [0.25, 0.3) is 0 Å². The summed E-state index contributed by atoms with van der Waals surface area (Å²) in [5.41, 5.74) is -0.944. The monoisotopic (exact) mass is 279 g/mol.